The minimum Gasteiger partial charge on any atom is -0.493 e. The average Bonchev–Trinajstić information content (AvgIpc) is 2.59. The van der Waals surface area contributed by atoms with Crippen LogP contribution in [0.25, 0.3) is 0 Å². The van der Waals surface area contributed by atoms with E-state index in [1.807, 2.05) is 38.1 Å². The van der Waals surface area contributed by atoms with Gasteiger partial charge in [0.15, 0.2) is 0 Å². The van der Waals surface area contributed by atoms with Gasteiger partial charge in [0, 0.05) is 5.70 Å². The van der Waals surface area contributed by atoms with Gasteiger partial charge in [-0.15, -0.1) is 0 Å². The minimum atomic E-state index is -0.556. The van der Waals surface area contributed by atoms with Gasteiger partial charge in [-0.25, -0.2) is 9.59 Å². The fourth-order valence-electron chi connectivity index (χ4n) is 2.75. The minimum absolute atomic E-state index is 0.0170. The Kier molecular flexibility index (Phi) is 6.66. The van der Waals surface area contributed by atoms with E-state index in [1.54, 1.807) is 6.92 Å². The maximum absolute atomic E-state index is 12.6. The van der Waals surface area contributed by atoms with E-state index in [0.29, 0.717) is 23.8 Å². The maximum Gasteiger partial charge on any atom is 0.338 e. The van der Waals surface area contributed by atoms with Crippen LogP contribution in [0.3, 0.4) is 0 Å². The molecule has 2 rings (SSSR count). The predicted octanol–water partition coefficient (Wildman–Crippen LogP) is 3.55. The van der Waals surface area contributed by atoms with Crippen LogP contribution in [0.2, 0.25) is 0 Å². The Hall–Kier alpha value is -2.50. The van der Waals surface area contributed by atoms with Gasteiger partial charge < -0.3 is 20.1 Å². The van der Waals surface area contributed by atoms with Gasteiger partial charge in [-0.3, -0.25) is 0 Å². The highest BCUT2D eigenvalue weighted by Crippen LogP contribution is 2.31. The molecule has 26 heavy (non-hydrogen) atoms. The number of carbonyl (C=O) groups excluding carboxylic acids is 2. The Morgan fingerprint density at radius 2 is 1.81 bits per heavy atom. The molecule has 1 aromatic rings. The van der Waals surface area contributed by atoms with Crippen molar-refractivity contribution in [1.29, 1.82) is 0 Å². The van der Waals surface area contributed by atoms with E-state index >= 15 is 0 Å². The van der Waals surface area contributed by atoms with E-state index in [9.17, 15) is 9.59 Å². The highest BCUT2D eigenvalue weighted by Gasteiger charge is 2.34. The normalized spacial score (nSPS) is 17.2. The van der Waals surface area contributed by atoms with E-state index in [-0.39, 0.29) is 18.6 Å². The molecule has 2 amide bonds. The number of hydrogen-bond acceptors (Lipinski definition) is 4. The molecule has 1 aliphatic heterocycles. The van der Waals surface area contributed by atoms with Crippen molar-refractivity contribution in [2.24, 2.45) is 11.8 Å². The van der Waals surface area contributed by atoms with Crippen molar-refractivity contribution < 1.29 is 19.1 Å². The quantitative estimate of drug-likeness (QED) is 0.729. The lowest BCUT2D eigenvalue weighted by Crippen LogP contribution is -2.47. The molecule has 1 aromatic carbocycles. The molecular formula is C20H28N2O4. The number of carbonyl (C=O) groups is 2. The van der Waals surface area contributed by atoms with E-state index in [1.165, 1.54) is 0 Å². The second-order valence-corrected chi connectivity index (χ2v) is 7.01. The molecule has 0 spiro atoms. The number of nitrogens with one attached hydrogen (secondary N) is 2. The van der Waals surface area contributed by atoms with E-state index in [0.717, 1.165) is 11.3 Å². The third-order valence-electron chi connectivity index (χ3n) is 3.97. The van der Waals surface area contributed by atoms with Crippen LogP contribution < -0.4 is 15.4 Å². The van der Waals surface area contributed by atoms with Gasteiger partial charge in [0.25, 0.3) is 0 Å². The summed E-state index contributed by atoms with van der Waals surface area (Å²) in [6.07, 6.45) is 0. The van der Waals surface area contributed by atoms with E-state index in [2.05, 4.69) is 24.5 Å². The van der Waals surface area contributed by atoms with Crippen molar-refractivity contribution in [2.75, 3.05) is 13.2 Å². The summed E-state index contributed by atoms with van der Waals surface area (Å²) >= 11 is 0. The van der Waals surface area contributed by atoms with Crippen molar-refractivity contribution in [3.8, 4) is 5.75 Å². The van der Waals surface area contributed by atoms with E-state index in [4.69, 9.17) is 9.47 Å². The number of amides is 2. The standard InChI is InChI=1S/C20H28N2O4/c1-6-25-19(23)16-17(13(4)5)21-20(24)22-18(16)14-7-9-15(10-8-14)26-11-12(2)3/h7-10,12-13,18H,6,11H2,1-5H3,(H2,21,22,24). The number of hydrogen-bond donors (Lipinski definition) is 2. The van der Waals surface area contributed by atoms with Crippen molar-refractivity contribution >= 4 is 12.0 Å². The van der Waals surface area contributed by atoms with Crippen LogP contribution in [0, 0.1) is 11.8 Å². The molecule has 1 heterocycles. The summed E-state index contributed by atoms with van der Waals surface area (Å²) in [5.41, 5.74) is 1.84. The zero-order valence-electron chi connectivity index (χ0n) is 16.1. The third kappa shape index (κ3) is 4.77. The van der Waals surface area contributed by atoms with Crippen molar-refractivity contribution in [3.05, 3.63) is 41.1 Å². The SMILES string of the molecule is CCOC(=O)C1=C(C(C)C)NC(=O)NC1c1ccc(OCC(C)C)cc1. The Labute approximate surface area is 154 Å². The predicted molar refractivity (Wildman–Crippen MR) is 99.7 cm³/mol. The molecule has 0 radical (unpaired) electrons. The molecule has 0 saturated carbocycles. The van der Waals surface area contributed by atoms with Crippen LogP contribution in [0.5, 0.6) is 5.75 Å². The molecule has 0 fully saturated rings. The number of ether oxygens (including phenoxy) is 2. The van der Waals surface area contributed by atoms with Gasteiger partial charge in [0.2, 0.25) is 0 Å². The monoisotopic (exact) mass is 360 g/mol. The van der Waals surface area contributed by atoms with Crippen LogP contribution in [0.1, 0.15) is 46.2 Å². The third-order valence-corrected chi connectivity index (χ3v) is 3.97. The first-order chi connectivity index (χ1) is 12.3. The molecule has 0 aliphatic carbocycles. The van der Waals surface area contributed by atoms with E-state index < -0.39 is 12.0 Å². The molecule has 1 aliphatic rings. The lowest BCUT2D eigenvalue weighted by Gasteiger charge is -2.31. The fourth-order valence-corrected chi connectivity index (χ4v) is 2.75. The zero-order chi connectivity index (χ0) is 19.3. The highest BCUT2D eigenvalue weighted by molar-refractivity contribution is 5.95. The van der Waals surface area contributed by atoms with Gasteiger partial charge in [-0.1, -0.05) is 39.8 Å². The summed E-state index contributed by atoms with van der Waals surface area (Å²) in [4.78, 5) is 24.7. The summed E-state index contributed by atoms with van der Waals surface area (Å²) in [5.74, 6) is 0.754. The number of benzene rings is 1. The Bertz CT molecular complexity index is 678. The van der Waals surface area contributed by atoms with Crippen molar-refractivity contribution in [2.45, 2.75) is 40.7 Å². The maximum atomic E-state index is 12.6. The zero-order valence-corrected chi connectivity index (χ0v) is 16.1. The first-order valence-corrected chi connectivity index (χ1v) is 9.04. The summed E-state index contributed by atoms with van der Waals surface area (Å²) in [6, 6.07) is 6.55. The fraction of sp³-hybridized carbons (Fsp3) is 0.500. The van der Waals surface area contributed by atoms with Gasteiger partial charge >= 0.3 is 12.0 Å². The molecule has 0 aromatic heterocycles. The second-order valence-electron chi connectivity index (χ2n) is 7.01. The number of urea groups is 1. The highest BCUT2D eigenvalue weighted by atomic mass is 16.5. The molecule has 0 saturated heterocycles. The number of rotatable bonds is 7. The smallest absolute Gasteiger partial charge is 0.338 e. The number of esters is 1. The van der Waals surface area contributed by atoms with Crippen LogP contribution in [-0.2, 0) is 9.53 Å². The largest absolute Gasteiger partial charge is 0.493 e. The first-order valence-electron chi connectivity index (χ1n) is 9.04. The van der Waals surface area contributed by atoms with Crippen molar-refractivity contribution in [1.82, 2.24) is 10.6 Å². The molecular weight excluding hydrogens is 332 g/mol. The Balaban J connectivity index is 2.36. The molecule has 1 atom stereocenters. The van der Waals surface area contributed by atoms with Crippen LogP contribution >= 0.6 is 0 Å². The molecule has 2 N–H and O–H groups in total. The van der Waals surface area contributed by atoms with Crippen LogP contribution in [-0.4, -0.2) is 25.2 Å². The topological polar surface area (TPSA) is 76.7 Å². The average molecular weight is 360 g/mol. The van der Waals surface area contributed by atoms with Gasteiger partial charge in [-0.05, 0) is 36.5 Å². The molecule has 1 unspecified atom stereocenters. The molecule has 6 nitrogen and oxygen atoms in total. The Morgan fingerprint density at radius 1 is 1.15 bits per heavy atom. The van der Waals surface area contributed by atoms with Crippen molar-refractivity contribution in [3.63, 3.8) is 0 Å². The summed E-state index contributed by atoms with van der Waals surface area (Å²) in [7, 11) is 0. The Morgan fingerprint density at radius 3 is 2.35 bits per heavy atom. The summed E-state index contributed by atoms with van der Waals surface area (Å²) in [6.45, 7) is 10.7. The van der Waals surface area contributed by atoms with Crippen LogP contribution in [0.4, 0.5) is 4.79 Å². The number of allylic oxidation sites excluding steroid dienone is 1. The van der Waals surface area contributed by atoms with Gasteiger partial charge in [0.1, 0.15) is 5.75 Å². The molecule has 6 heteroatoms. The van der Waals surface area contributed by atoms with Gasteiger partial charge in [-0.2, -0.15) is 0 Å². The molecule has 0 bridgehead atoms. The second kappa shape index (κ2) is 8.74. The summed E-state index contributed by atoms with van der Waals surface area (Å²) in [5, 5.41) is 5.58. The lowest BCUT2D eigenvalue weighted by atomic mass is 9.91. The summed E-state index contributed by atoms with van der Waals surface area (Å²) < 4.78 is 10.9. The van der Waals surface area contributed by atoms with Gasteiger partial charge in [0.05, 0.1) is 24.8 Å². The first kappa shape index (κ1) is 19.8. The molecule has 142 valence electrons. The van der Waals surface area contributed by atoms with Crippen LogP contribution in [0.15, 0.2) is 35.5 Å². The lowest BCUT2D eigenvalue weighted by molar-refractivity contribution is -0.139.